The number of guanidine groups is 1. The van der Waals surface area contributed by atoms with E-state index in [9.17, 15) is 8.78 Å². The van der Waals surface area contributed by atoms with E-state index in [1.165, 1.54) is 12.1 Å². The summed E-state index contributed by atoms with van der Waals surface area (Å²) in [5.74, 6) is 5.89. The molecule has 0 bridgehead atoms. The van der Waals surface area contributed by atoms with Crippen LogP contribution in [0.25, 0.3) is 0 Å². The molecule has 1 aliphatic rings. The second-order valence-corrected chi connectivity index (χ2v) is 3.88. The molecule has 0 saturated heterocycles. The fourth-order valence-corrected chi connectivity index (χ4v) is 1.35. The van der Waals surface area contributed by atoms with Gasteiger partial charge in [0, 0.05) is 5.69 Å². The van der Waals surface area contributed by atoms with Gasteiger partial charge in [-0.25, -0.2) is 10.8 Å². The van der Waals surface area contributed by atoms with Crippen molar-refractivity contribution in [2.75, 3.05) is 5.32 Å². The molecule has 0 unspecified atom stereocenters. The number of alkyl halides is 2. The molecule has 98 valence electrons. The van der Waals surface area contributed by atoms with Gasteiger partial charge in [0.15, 0.2) is 0 Å². The maximum atomic E-state index is 12.0. The summed E-state index contributed by atoms with van der Waals surface area (Å²) in [7, 11) is 0. The summed E-state index contributed by atoms with van der Waals surface area (Å²) in [6, 6.07) is 6.43. The SMILES string of the molecule is NNC(=NC1CC1)Nc1ccc(OC(F)F)cc1. The van der Waals surface area contributed by atoms with E-state index in [1.807, 2.05) is 0 Å². The second kappa shape index (κ2) is 5.63. The third-order valence-corrected chi connectivity index (χ3v) is 2.34. The highest BCUT2D eigenvalue weighted by molar-refractivity contribution is 5.93. The predicted octanol–water partition coefficient (Wildman–Crippen LogP) is 1.68. The highest BCUT2D eigenvalue weighted by Crippen LogP contribution is 2.23. The van der Waals surface area contributed by atoms with Gasteiger partial charge in [-0.3, -0.25) is 5.43 Å². The highest BCUT2D eigenvalue weighted by Gasteiger charge is 2.20. The number of anilines is 1. The first-order valence-electron chi connectivity index (χ1n) is 5.53. The molecule has 1 fully saturated rings. The highest BCUT2D eigenvalue weighted by atomic mass is 19.3. The van der Waals surface area contributed by atoms with Crippen molar-refractivity contribution in [1.82, 2.24) is 5.43 Å². The van der Waals surface area contributed by atoms with Crippen molar-refractivity contribution in [3.05, 3.63) is 24.3 Å². The van der Waals surface area contributed by atoms with Crippen molar-refractivity contribution in [2.24, 2.45) is 10.8 Å². The van der Waals surface area contributed by atoms with Gasteiger partial charge < -0.3 is 10.1 Å². The van der Waals surface area contributed by atoms with Gasteiger partial charge in [-0.1, -0.05) is 0 Å². The maximum absolute atomic E-state index is 12.0. The molecule has 0 aliphatic heterocycles. The number of aliphatic imine (C=N–C) groups is 1. The van der Waals surface area contributed by atoms with Crippen molar-refractivity contribution in [2.45, 2.75) is 25.5 Å². The summed E-state index contributed by atoms with van der Waals surface area (Å²) >= 11 is 0. The van der Waals surface area contributed by atoms with Crippen LogP contribution in [-0.4, -0.2) is 18.6 Å². The molecule has 1 aliphatic carbocycles. The van der Waals surface area contributed by atoms with Crippen LogP contribution in [0.5, 0.6) is 5.75 Å². The van der Waals surface area contributed by atoms with Crippen LogP contribution in [0.15, 0.2) is 29.3 Å². The van der Waals surface area contributed by atoms with Crippen LogP contribution in [0.2, 0.25) is 0 Å². The Morgan fingerprint density at radius 1 is 1.33 bits per heavy atom. The number of benzene rings is 1. The molecule has 0 spiro atoms. The molecule has 0 amide bonds. The summed E-state index contributed by atoms with van der Waals surface area (Å²) in [4.78, 5) is 4.29. The fourth-order valence-electron chi connectivity index (χ4n) is 1.35. The molecule has 0 atom stereocenters. The zero-order valence-electron chi connectivity index (χ0n) is 9.57. The molecule has 0 radical (unpaired) electrons. The molecule has 1 aromatic carbocycles. The van der Waals surface area contributed by atoms with E-state index < -0.39 is 6.61 Å². The van der Waals surface area contributed by atoms with Crippen LogP contribution in [0.1, 0.15) is 12.8 Å². The number of halogens is 2. The summed E-state index contributed by atoms with van der Waals surface area (Å²) in [5, 5.41) is 2.95. The van der Waals surface area contributed by atoms with Crippen molar-refractivity contribution in [3.8, 4) is 5.75 Å². The first-order valence-corrected chi connectivity index (χ1v) is 5.53. The Labute approximate surface area is 103 Å². The number of hydrogen-bond acceptors (Lipinski definition) is 3. The summed E-state index contributed by atoms with van der Waals surface area (Å²) < 4.78 is 28.1. The van der Waals surface area contributed by atoms with Gasteiger partial charge in [-0.2, -0.15) is 8.78 Å². The lowest BCUT2D eigenvalue weighted by Crippen LogP contribution is -2.36. The Kier molecular flexibility index (Phi) is 3.93. The summed E-state index contributed by atoms with van der Waals surface area (Å²) in [6.07, 6.45) is 2.13. The Balaban J connectivity index is 1.96. The number of nitrogens with one attached hydrogen (secondary N) is 2. The van der Waals surface area contributed by atoms with Crippen LogP contribution < -0.4 is 21.3 Å². The molecule has 18 heavy (non-hydrogen) atoms. The molecule has 5 nitrogen and oxygen atoms in total. The molecule has 2 rings (SSSR count). The van der Waals surface area contributed by atoms with E-state index in [-0.39, 0.29) is 5.75 Å². The van der Waals surface area contributed by atoms with Crippen LogP contribution >= 0.6 is 0 Å². The normalized spacial score (nSPS) is 15.7. The zero-order valence-corrected chi connectivity index (χ0v) is 9.57. The van der Waals surface area contributed by atoms with Crippen molar-refractivity contribution >= 4 is 11.6 Å². The summed E-state index contributed by atoms with van der Waals surface area (Å²) in [6.45, 7) is -2.82. The molecule has 4 N–H and O–H groups in total. The fraction of sp³-hybridized carbons (Fsp3) is 0.364. The third-order valence-electron chi connectivity index (χ3n) is 2.34. The van der Waals surface area contributed by atoms with Crippen LogP contribution in [0, 0.1) is 0 Å². The van der Waals surface area contributed by atoms with Crippen LogP contribution in [0.4, 0.5) is 14.5 Å². The molecule has 1 saturated carbocycles. The van der Waals surface area contributed by atoms with Gasteiger partial charge in [0.25, 0.3) is 0 Å². The average Bonchev–Trinajstić information content (AvgIpc) is 3.14. The van der Waals surface area contributed by atoms with E-state index in [4.69, 9.17) is 5.84 Å². The van der Waals surface area contributed by atoms with Crippen molar-refractivity contribution < 1.29 is 13.5 Å². The maximum Gasteiger partial charge on any atom is 0.387 e. The van der Waals surface area contributed by atoms with E-state index in [0.717, 1.165) is 12.8 Å². The molecule has 0 heterocycles. The lowest BCUT2D eigenvalue weighted by atomic mass is 10.3. The number of hydrogen-bond donors (Lipinski definition) is 3. The number of nitrogens with zero attached hydrogens (tertiary/aromatic N) is 1. The Morgan fingerprint density at radius 3 is 2.50 bits per heavy atom. The standard InChI is InChI=1S/C11H14F2N4O/c12-10(13)18-9-5-3-8(4-6-9)16-11(17-14)15-7-1-2-7/h3-7,10H,1-2,14H2,(H2,15,16,17). The quantitative estimate of drug-likeness (QED) is 0.332. The topological polar surface area (TPSA) is 71.7 Å². The lowest BCUT2D eigenvalue weighted by molar-refractivity contribution is -0.0498. The van der Waals surface area contributed by atoms with E-state index in [1.54, 1.807) is 12.1 Å². The molecular formula is C11H14F2N4O. The van der Waals surface area contributed by atoms with E-state index in [0.29, 0.717) is 17.7 Å². The largest absolute Gasteiger partial charge is 0.435 e. The van der Waals surface area contributed by atoms with Crippen LogP contribution in [0.3, 0.4) is 0 Å². The first-order chi connectivity index (χ1) is 8.67. The summed E-state index contributed by atoms with van der Waals surface area (Å²) in [5.41, 5.74) is 3.15. The molecular weight excluding hydrogens is 242 g/mol. The van der Waals surface area contributed by atoms with Crippen molar-refractivity contribution in [3.63, 3.8) is 0 Å². The van der Waals surface area contributed by atoms with Gasteiger partial charge in [-0.05, 0) is 37.1 Å². The number of rotatable bonds is 4. The van der Waals surface area contributed by atoms with Crippen molar-refractivity contribution in [1.29, 1.82) is 0 Å². The molecule has 0 aromatic heterocycles. The van der Waals surface area contributed by atoms with Gasteiger partial charge >= 0.3 is 6.61 Å². The number of hydrazine groups is 1. The monoisotopic (exact) mass is 256 g/mol. The van der Waals surface area contributed by atoms with Gasteiger partial charge in [0.05, 0.1) is 6.04 Å². The lowest BCUT2D eigenvalue weighted by Gasteiger charge is -2.10. The van der Waals surface area contributed by atoms with Gasteiger partial charge in [0.1, 0.15) is 5.75 Å². The minimum Gasteiger partial charge on any atom is -0.435 e. The zero-order chi connectivity index (χ0) is 13.0. The minimum atomic E-state index is -2.82. The predicted molar refractivity (Wildman–Crippen MR) is 64.5 cm³/mol. The molecule has 7 heteroatoms. The number of nitrogens with two attached hydrogens (primary N) is 1. The number of ether oxygens (including phenoxy) is 1. The van der Waals surface area contributed by atoms with E-state index in [2.05, 4.69) is 20.5 Å². The van der Waals surface area contributed by atoms with Gasteiger partial charge in [-0.15, -0.1) is 0 Å². The first kappa shape index (κ1) is 12.6. The second-order valence-electron chi connectivity index (χ2n) is 3.88. The Bertz CT molecular complexity index is 418. The minimum absolute atomic E-state index is 0.108. The Morgan fingerprint density at radius 2 is 2.00 bits per heavy atom. The van der Waals surface area contributed by atoms with Crippen LogP contribution in [-0.2, 0) is 0 Å². The molecule has 1 aromatic rings. The third kappa shape index (κ3) is 3.85. The smallest absolute Gasteiger partial charge is 0.387 e. The van der Waals surface area contributed by atoms with E-state index >= 15 is 0 Å². The van der Waals surface area contributed by atoms with Gasteiger partial charge in [0.2, 0.25) is 5.96 Å². The average molecular weight is 256 g/mol. The Hall–Kier alpha value is -1.89.